The maximum atomic E-state index is 13.0. The number of aliphatic hydroxyl groups is 1. The molecule has 2 aliphatic rings. The van der Waals surface area contributed by atoms with Crippen molar-refractivity contribution < 1.29 is 19.0 Å². The lowest BCUT2D eigenvalue weighted by Gasteiger charge is -2.61. The second kappa shape index (κ2) is 5.20. The van der Waals surface area contributed by atoms with Crippen LogP contribution in [0.2, 0.25) is 0 Å². The highest BCUT2D eigenvalue weighted by Crippen LogP contribution is 2.63. The van der Waals surface area contributed by atoms with E-state index < -0.39 is 11.2 Å². The molecule has 126 valence electrons. The molecule has 2 aliphatic carbocycles. The molecule has 2 fully saturated rings. The van der Waals surface area contributed by atoms with Crippen molar-refractivity contribution in [3.63, 3.8) is 0 Å². The Bertz CT molecular complexity index is 592. The lowest BCUT2D eigenvalue weighted by atomic mass is 9.47. The molecule has 2 saturated carbocycles. The van der Waals surface area contributed by atoms with E-state index in [-0.39, 0.29) is 23.4 Å². The zero-order valence-corrected chi connectivity index (χ0v) is 13.9. The Morgan fingerprint density at radius 3 is 2.35 bits per heavy atom. The number of hydrogen-bond acceptors (Lipinski definition) is 3. The maximum Gasteiger partial charge on any atom is 0.407 e. The Morgan fingerprint density at radius 2 is 1.83 bits per heavy atom. The van der Waals surface area contributed by atoms with Crippen LogP contribution in [0, 0.1) is 11.2 Å². The highest BCUT2D eigenvalue weighted by atomic mass is 19.1. The standard InChI is InChI=1S/C18H24FNO3/c1-16(2,3)23-15(21)20-14-8-17(9-14)10-18(22,11-17)12-4-6-13(19)7-5-12/h4-7,14,22H,8-11H2,1-3H3,(H,20,21). The Labute approximate surface area is 136 Å². The van der Waals surface area contributed by atoms with Crippen LogP contribution in [-0.2, 0) is 10.3 Å². The number of ether oxygens (including phenoxy) is 1. The second-order valence-electron chi connectivity index (χ2n) is 8.14. The lowest BCUT2D eigenvalue weighted by Crippen LogP contribution is -2.61. The van der Waals surface area contributed by atoms with Crippen molar-refractivity contribution in [2.75, 3.05) is 0 Å². The molecule has 1 aromatic rings. The molecule has 0 heterocycles. The van der Waals surface area contributed by atoms with Gasteiger partial charge in [-0.1, -0.05) is 12.1 Å². The van der Waals surface area contributed by atoms with Crippen LogP contribution in [0.3, 0.4) is 0 Å². The molecule has 5 heteroatoms. The van der Waals surface area contributed by atoms with E-state index in [0.29, 0.717) is 12.8 Å². The van der Waals surface area contributed by atoms with Gasteiger partial charge < -0.3 is 15.2 Å². The normalized spacial score (nSPS) is 32.8. The first-order valence-corrected chi connectivity index (χ1v) is 8.07. The number of nitrogens with one attached hydrogen (secondary N) is 1. The summed E-state index contributed by atoms with van der Waals surface area (Å²) >= 11 is 0. The van der Waals surface area contributed by atoms with E-state index in [9.17, 15) is 14.3 Å². The summed E-state index contributed by atoms with van der Waals surface area (Å²) in [4.78, 5) is 11.7. The van der Waals surface area contributed by atoms with Gasteiger partial charge in [0.15, 0.2) is 0 Å². The average molecular weight is 321 g/mol. The molecular weight excluding hydrogens is 297 g/mol. The molecule has 1 spiro atoms. The number of amides is 1. The largest absolute Gasteiger partial charge is 0.444 e. The van der Waals surface area contributed by atoms with Crippen molar-refractivity contribution in [2.45, 2.75) is 63.7 Å². The van der Waals surface area contributed by atoms with Crippen molar-refractivity contribution in [3.8, 4) is 0 Å². The average Bonchev–Trinajstić information content (AvgIpc) is 2.32. The highest BCUT2D eigenvalue weighted by Gasteiger charge is 2.60. The maximum absolute atomic E-state index is 13.0. The summed E-state index contributed by atoms with van der Waals surface area (Å²) in [6, 6.07) is 6.18. The van der Waals surface area contributed by atoms with E-state index >= 15 is 0 Å². The van der Waals surface area contributed by atoms with Gasteiger partial charge in [-0.3, -0.25) is 0 Å². The van der Waals surface area contributed by atoms with Crippen molar-refractivity contribution in [1.82, 2.24) is 5.32 Å². The first kappa shape index (κ1) is 16.2. The number of carbonyl (C=O) groups is 1. The summed E-state index contributed by atoms with van der Waals surface area (Å²) < 4.78 is 18.2. The molecule has 0 saturated heterocycles. The van der Waals surface area contributed by atoms with Crippen LogP contribution in [0.15, 0.2) is 24.3 Å². The van der Waals surface area contributed by atoms with Crippen LogP contribution in [0.5, 0.6) is 0 Å². The van der Waals surface area contributed by atoms with E-state index in [1.54, 1.807) is 12.1 Å². The molecule has 0 aromatic heterocycles. The predicted molar refractivity (Wildman–Crippen MR) is 84.4 cm³/mol. The number of benzene rings is 1. The van der Waals surface area contributed by atoms with Crippen LogP contribution < -0.4 is 5.32 Å². The van der Waals surface area contributed by atoms with E-state index in [0.717, 1.165) is 18.4 Å². The number of halogens is 1. The quantitative estimate of drug-likeness (QED) is 0.877. The fraction of sp³-hybridized carbons (Fsp3) is 0.611. The molecule has 2 N–H and O–H groups in total. The summed E-state index contributed by atoms with van der Waals surface area (Å²) in [5.41, 5.74) is -0.480. The Morgan fingerprint density at radius 1 is 1.26 bits per heavy atom. The summed E-state index contributed by atoms with van der Waals surface area (Å²) in [5.74, 6) is -0.295. The molecule has 4 nitrogen and oxygen atoms in total. The third kappa shape index (κ3) is 3.34. The summed E-state index contributed by atoms with van der Waals surface area (Å²) in [7, 11) is 0. The predicted octanol–water partition coefficient (Wildman–Crippen LogP) is 3.48. The fourth-order valence-corrected chi connectivity index (χ4v) is 4.00. The minimum atomic E-state index is -0.857. The minimum Gasteiger partial charge on any atom is -0.444 e. The molecule has 0 bridgehead atoms. The molecule has 23 heavy (non-hydrogen) atoms. The molecule has 3 rings (SSSR count). The van der Waals surface area contributed by atoms with Crippen LogP contribution in [0.4, 0.5) is 9.18 Å². The van der Waals surface area contributed by atoms with Gasteiger partial charge in [0.2, 0.25) is 0 Å². The van der Waals surface area contributed by atoms with Gasteiger partial charge in [0.05, 0.1) is 5.60 Å². The second-order valence-corrected chi connectivity index (χ2v) is 8.14. The van der Waals surface area contributed by atoms with Crippen LogP contribution in [0.1, 0.15) is 52.0 Å². The highest BCUT2D eigenvalue weighted by molar-refractivity contribution is 5.68. The van der Waals surface area contributed by atoms with E-state index in [4.69, 9.17) is 4.74 Å². The first-order chi connectivity index (χ1) is 10.6. The lowest BCUT2D eigenvalue weighted by molar-refractivity contribution is -0.177. The monoisotopic (exact) mass is 321 g/mol. The van der Waals surface area contributed by atoms with Gasteiger partial charge >= 0.3 is 6.09 Å². The summed E-state index contributed by atoms with van der Waals surface area (Å²) in [6.07, 6.45) is 2.66. The van der Waals surface area contributed by atoms with Gasteiger partial charge in [-0.2, -0.15) is 0 Å². The van der Waals surface area contributed by atoms with Crippen molar-refractivity contribution in [2.24, 2.45) is 5.41 Å². The van der Waals surface area contributed by atoms with Gasteiger partial charge in [-0.25, -0.2) is 9.18 Å². The molecule has 1 aromatic carbocycles. The Hall–Kier alpha value is -1.62. The molecule has 0 atom stereocenters. The Kier molecular flexibility index (Phi) is 3.67. The summed E-state index contributed by atoms with van der Waals surface area (Å²) in [6.45, 7) is 5.51. The van der Waals surface area contributed by atoms with Crippen LogP contribution in [-0.4, -0.2) is 22.8 Å². The zero-order chi connectivity index (χ0) is 16.9. The number of alkyl carbamates (subject to hydrolysis) is 1. The Balaban J connectivity index is 1.49. The van der Waals surface area contributed by atoms with Crippen molar-refractivity contribution in [3.05, 3.63) is 35.6 Å². The third-order valence-corrected chi connectivity index (χ3v) is 4.80. The SMILES string of the molecule is CC(C)(C)OC(=O)NC1CC2(C1)CC(O)(c1ccc(F)cc1)C2. The molecule has 0 unspecified atom stereocenters. The van der Waals surface area contributed by atoms with Gasteiger partial charge in [0.25, 0.3) is 0 Å². The smallest absolute Gasteiger partial charge is 0.407 e. The van der Waals surface area contributed by atoms with Gasteiger partial charge in [-0.15, -0.1) is 0 Å². The van der Waals surface area contributed by atoms with Gasteiger partial charge in [0, 0.05) is 6.04 Å². The van der Waals surface area contributed by atoms with E-state index in [1.807, 2.05) is 20.8 Å². The molecule has 0 aliphatic heterocycles. The van der Waals surface area contributed by atoms with E-state index in [2.05, 4.69) is 5.32 Å². The third-order valence-electron chi connectivity index (χ3n) is 4.80. The number of hydrogen-bond donors (Lipinski definition) is 2. The molecular formula is C18H24FNO3. The number of carbonyl (C=O) groups excluding carboxylic acids is 1. The fourth-order valence-electron chi connectivity index (χ4n) is 4.00. The van der Waals surface area contributed by atoms with Crippen molar-refractivity contribution in [1.29, 1.82) is 0 Å². The number of rotatable bonds is 2. The van der Waals surface area contributed by atoms with Crippen LogP contribution >= 0.6 is 0 Å². The van der Waals surface area contributed by atoms with Gasteiger partial charge in [-0.05, 0) is 69.6 Å². The van der Waals surface area contributed by atoms with Gasteiger partial charge in [0.1, 0.15) is 11.4 Å². The van der Waals surface area contributed by atoms with Crippen LogP contribution in [0.25, 0.3) is 0 Å². The molecule has 0 radical (unpaired) electrons. The first-order valence-electron chi connectivity index (χ1n) is 8.07. The van der Waals surface area contributed by atoms with E-state index in [1.165, 1.54) is 12.1 Å². The molecule has 1 amide bonds. The van der Waals surface area contributed by atoms with Crippen molar-refractivity contribution >= 4 is 6.09 Å². The zero-order valence-electron chi connectivity index (χ0n) is 13.9. The summed E-state index contributed by atoms with van der Waals surface area (Å²) in [5, 5.41) is 13.5. The topological polar surface area (TPSA) is 58.6 Å². The minimum absolute atomic E-state index is 0.100.